The van der Waals surface area contributed by atoms with Crippen LogP contribution < -0.4 is 5.73 Å². The molecule has 2 amide bonds. The molecule has 1 saturated heterocycles. The Kier molecular flexibility index (Phi) is 3.46. The molecule has 2 rings (SSSR count). The Labute approximate surface area is 112 Å². The Hall–Kier alpha value is -2.04. The summed E-state index contributed by atoms with van der Waals surface area (Å²) < 4.78 is 0. The number of nitrogens with zero attached hydrogens (tertiary/aromatic N) is 1. The third kappa shape index (κ3) is 2.70. The number of carbonyl (C=O) groups is 2. The van der Waals surface area contributed by atoms with E-state index < -0.39 is 17.4 Å². The minimum Gasteiger partial charge on any atom is -0.465 e. The third-order valence-electron chi connectivity index (χ3n) is 3.80. The lowest BCUT2D eigenvalue weighted by Crippen LogP contribution is -2.39. The maximum atomic E-state index is 11.5. The van der Waals surface area contributed by atoms with Crippen molar-refractivity contribution in [3.05, 3.63) is 35.9 Å². The standard InChI is InChI=1S/C14H18N2O3/c1-14(12(15)17)8-11(16(9-14)13(18)19)7-10-5-3-2-4-6-10/h2-6,11H,7-9H2,1H3,(H2,15,17)(H,18,19). The Balaban J connectivity index is 2.18. The molecule has 19 heavy (non-hydrogen) atoms. The zero-order valence-corrected chi connectivity index (χ0v) is 10.9. The minimum atomic E-state index is -0.995. The molecular weight excluding hydrogens is 244 g/mol. The first-order chi connectivity index (χ1) is 8.92. The lowest BCUT2D eigenvalue weighted by Gasteiger charge is -2.21. The molecule has 0 spiro atoms. The van der Waals surface area contributed by atoms with Crippen LogP contribution in [0.4, 0.5) is 4.79 Å². The number of carboxylic acid groups (broad SMARTS) is 1. The number of likely N-dealkylation sites (tertiary alicyclic amines) is 1. The number of primary amides is 1. The second-order valence-corrected chi connectivity index (χ2v) is 5.38. The summed E-state index contributed by atoms with van der Waals surface area (Å²) >= 11 is 0. The molecule has 0 aliphatic carbocycles. The van der Waals surface area contributed by atoms with Crippen LogP contribution in [-0.4, -0.2) is 34.6 Å². The van der Waals surface area contributed by atoms with Gasteiger partial charge in [-0.2, -0.15) is 0 Å². The summed E-state index contributed by atoms with van der Waals surface area (Å²) in [4.78, 5) is 24.1. The van der Waals surface area contributed by atoms with Crippen LogP contribution in [0, 0.1) is 5.41 Å². The van der Waals surface area contributed by atoms with Crippen LogP contribution in [0.2, 0.25) is 0 Å². The van der Waals surface area contributed by atoms with E-state index in [1.807, 2.05) is 30.3 Å². The molecule has 3 N–H and O–H groups in total. The van der Waals surface area contributed by atoms with Crippen LogP contribution in [0.15, 0.2) is 30.3 Å². The molecule has 0 aromatic heterocycles. The molecule has 2 unspecified atom stereocenters. The molecular formula is C14H18N2O3. The molecule has 1 heterocycles. The largest absolute Gasteiger partial charge is 0.465 e. The molecule has 0 saturated carbocycles. The molecule has 5 heteroatoms. The van der Waals surface area contributed by atoms with Gasteiger partial charge < -0.3 is 15.7 Å². The lowest BCUT2D eigenvalue weighted by atomic mass is 9.86. The summed E-state index contributed by atoms with van der Waals surface area (Å²) in [7, 11) is 0. The third-order valence-corrected chi connectivity index (χ3v) is 3.80. The van der Waals surface area contributed by atoms with Gasteiger partial charge in [0.05, 0.1) is 5.41 Å². The van der Waals surface area contributed by atoms with Gasteiger partial charge in [0.1, 0.15) is 0 Å². The van der Waals surface area contributed by atoms with Gasteiger partial charge in [0.15, 0.2) is 0 Å². The average molecular weight is 262 g/mol. The smallest absolute Gasteiger partial charge is 0.407 e. The molecule has 102 valence electrons. The highest BCUT2D eigenvalue weighted by Crippen LogP contribution is 2.35. The van der Waals surface area contributed by atoms with Gasteiger partial charge in [-0.25, -0.2) is 4.79 Å². The van der Waals surface area contributed by atoms with Crippen molar-refractivity contribution in [2.75, 3.05) is 6.54 Å². The molecule has 1 aliphatic heterocycles. The van der Waals surface area contributed by atoms with Crippen molar-refractivity contribution in [3.63, 3.8) is 0 Å². The van der Waals surface area contributed by atoms with Crippen LogP contribution in [0.5, 0.6) is 0 Å². The first kappa shape index (κ1) is 13.4. The SMILES string of the molecule is CC1(C(N)=O)CC(Cc2ccccc2)N(C(=O)O)C1. The molecule has 2 atom stereocenters. The highest BCUT2D eigenvalue weighted by atomic mass is 16.4. The summed E-state index contributed by atoms with van der Waals surface area (Å²) in [5.41, 5.74) is 5.69. The number of nitrogens with two attached hydrogens (primary N) is 1. The number of amides is 2. The van der Waals surface area contributed by atoms with Gasteiger partial charge in [0.2, 0.25) is 5.91 Å². The molecule has 0 radical (unpaired) electrons. The minimum absolute atomic E-state index is 0.176. The summed E-state index contributed by atoms with van der Waals surface area (Å²) in [6.07, 6.45) is 0.0883. The van der Waals surface area contributed by atoms with Crippen molar-refractivity contribution >= 4 is 12.0 Å². The fraction of sp³-hybridized carbons (Fsp3) is 0.429. The first-order valence-electron chi connectivity index (χ1n) is 6.26. The lowest BCUT2D eigenvalue weighted by molar-refractivity contribution is -0.126. The Morgan fingerprint density at radius 3 is 2.58 bits per heavy atom. The number of hydrogen-bond donors (Lipinski definition) is 2. The van der Waals surface area contributed by atoms with E-state index in [1.54, 1.807) is 6.92 Å². The van der Waals surface area contributed by atoms with Crippen molar-refractivity contribution in [2.24, 2.45) is 11.1 Å². The fourth-order valence-electron chi connectivity index (χ4n) is 2.67. The van der Waals surface area contributed by atoms with E-state index in [4.69, 9.17) is 5.73 Å². The van der Waals surface area contributed by atoms with Crippen molar-refractivity contribution < 1.29 is 14.7 Å². The predicted octanol–water partition coefficient (Wildman–Crippen LogP) is 1.47. The van der Waals surface area contributed by atoms with E-state index >= 15 is 0 Å². The predicted molar refractivity (Wildman–Crippen MR) is 70.6 cm³/mol. The maximum absolute atomic E-state index is 11.5. The number of benzene rings is 1. The summed E-state index contributed by atoms with van der Waals surface area (Å²) in [6.45, 7) is 1.91. The second kappa shape index (κ2) is 4.91. The second-order valence-electron chi connectivity index (χ2n) is 5.38. The van der Waals surface area contributed by atoms with Gasteiger partial charge >= 0.3 is 6.09 Å². The number of rotatable bonds is 3. The summed E-state index contributed by atoms with van der Waals surface area (Å²) in [5.74, 6) is -0.436. The van der Waals surface area contributed by atoms with Gasteiger partial charge in [-0.1, -0.05) is 30.3 Å². The van der Waals surface area contributed by atoms with E-state index in [-0.39, 0.29) is 12.6 Å². The van der Waals surface area contributed by atoms with Gasteiger partial charge in [-0.05, 0) is 25.3 Å². The van der Waals surface area contributed by atoms with E-state index in [0.29, 0.717) is 12.8 Å². The van der Waals surface area contributed by atoms with Gasteiger partial charge in [0.25, 0.3) is 0 Å². The van der Waals surface area contributed by atoms with E-state index in [0.717, 1.165) is 5.56 Å². The fourth-order valence-corrected chi connectivity index (χ4v) is 2.67. The van der Waals surface area contributed by atoms with E-state index in [2.05, 4.69) is 0 Å². The van der Waals surface area contributed by atoms with Crippen LogP contribution in [0.1, 0.15) is 18.9 Å². The van der Waals surface area contributed by atoms with Gasteiger partial charge in [-0.15, -0.1) is 0 Å². The van der Waals surface area contributed by atoms with E-state index in [1.165, 1.54) is 4.90 Å². The quantitative estimate of drug-likeness (QED) is 0.865. The topological polar surface area (TPSA) is 83.6 Å². The molecule has 1 fully saturated rings. The average Bonchev–Trinajstić information content (AvgIpc) is 2.69. The van der Waals surface area contributed by atoms with Crippen LogP contribution in [0.3, 0.4) is 0 Å². The monoisotopic (exact) mass is 262 g/mol. The highest BCUT2D eigenvalue weighted by molar-refractivity contribution is 5.82. The molecule has 1 aliphatic rings. The number of carbonyl (C=O) groups excluding carboxylic acids is 1. The summed E-state index contributed by atoms with van der Waals surface area (Å²) in [6, 6.07) is 9.48. The van der Waals surface area contributed by atoms with Crippen molar-refractivity contribution in [1.29, 1.82) is 0 Å². The van der Waals surface area contributed by atoms with Gasteiger partial charge in [-0.3, -0.25) is 4.79 Å². The Bertz CT molecular complexity index is 489. The summed E-state index contributed by atoms with van der Waals surface area (Å²) in [5, 5.41) is 9.25. The molecule has 1 aromatic rings. The molecule has 1 aromatic carbocycles. The zero-order chi connectivity index (χ0) is 14.0. The van der Waals surface area contributed by atoms with Crippen LogP contribution in [0.25, 0.3) is 0 Å². The van der Waals surface area contributed by atoms with Crippen LogP contribution in [-0.2, 0) is 11.2 Å². The Morgan fingerprint density at radius 2 is 2.05 bits per heavy atom. The zero-order valence-electron chi connectivity index (χ0n) is 10.9. The van der Waals surface area contributed by atoms with Crippen LogP contribution >= 0.6 is 0 Å². The Morgan fingerprint density at radius 1 is 1.42 bits per heavy atom. The first-order valence-corrected chi connectivity index (χ1v) is 6.26. The van der Waals surface area contributed by atoms with Gasteiger partial charge in [0, 0.05) is 12.6 Å². The molecule has 5 nitrogen and oxygen atoms in total. The van der Waals surface area contributed by atoms with Crippen molar-refractivity contribution in [3.8, 4) is 0 Å². The van der Waals surface area contributed by atoms with Crippen molar-refractivity contribution in [2.45, 2.75) is 25.8 Å². The highest BCUT2D eigenvalue weighted by Gasteiger charge is 2.46. The maximum Gasteiger partial charge on any atom is 0.407 e. The molecule has 0 bridgehead atoms. The normalized spacial score (nSPS) is 26.4. The van der Waals surface area contributed by atoms with Crippen molar-refractivity contribution in [1.82, 2.24) is 4.90 Å². The number of hydrogen-bond acceptors (Lipinski definition) is 2. The van der Waals surface area contributed by atoms with E-state index in [9.17, 15) is 14.7 Å².